The molecular formula is C15H21NO4. The standard InChI is InChI=1S/C15H21NO4/c1-3-8-16-10-11-5-4-6-12(18-2)14(11)20-13-7-9-19-15(13)17/h4-6,13,16H,3,7-10H2,1-2H3. The number of rotatable bonds is 7. The summed E-state index contributed by atoms with van der Waals surface area (Å²) in [6, 6.07) is 5.72. The van der Waals surface area contributed by atoms with Gasteiger partial charge in [0.15, 0.2) is 17.6 Å². The third-order valence-electron chi connectivity index (χ3n) is 3.17. The lowest BCUT2D eigenvalue weighted by molar-refractivity contribution is -0.143. The molecule has 1 unspecified atom stereocenters. The molecule has 110 valence electrons. The average Bonchev–Trinajstić information content (AvgIpc) is 2.86. The second-order valence-corrected chi connectivity index (χ2v) is 4.69. The van der Waals surface area contributed by atoms with Crippen molar-refractivity contribution in [3.8, 4) is 11.5 Å². The summed E-state index contributed by atoms with van der Waals surface area (Å²) in [6.07, 6.45) is 1.12. The zero-order valence-corrected chi connectivity index (χ0v) is 12.0. The largest absolute Gasteiger partial charge is 0.493 e. The van der Waals surface area contributed by atoms with Crippen LogP contribution in [-0.2, 0) is 16.1 Å². The third-order valence-corrected chi connectivity index (χ3v) is 3.17. The van der Waals surface area contributed by atoms with Crippen molar-refractivity contribution in [1.29, 1.82) is 0 Å². The monoisotopic (exact) mass is 279 g/mol. The molecule has 0 bridgehead atoms. The molecule has 0 saturated carbocycles. The first kappa shape index (κ1) is 14.7. The number of methoxy groups -OCH3 is 1. The summed E-state index contributed by atoms with van der Waals surface area (Å²) in [4.78, 5) is 11.5. The number of ether oxygens (including phenoxy) is 3. The number of para-hydroxylation sites is 1. The Morgan fingerprint density at radius 3 is 2.95 bits per heavy atom. The van der Waals surface area contributed by atoms with Crippen LogP contribution >= 0.6 is 0 Å². The van der Waals surface area contributed by atoms with Crippen LogP contribution in [0.5, 0.6) is 11.5 Å². The van der Waals surface area contributed by atoms with Gasteiger partial charge in [0.1, 0.15) is 0 Å². The molecule has 0 aliphatic carbocycles. The summed E-state index contributed by atoms with van der Waals surface area (Å²) < 4.78 is 16.1. The summed E-state index contributed by atoms with van der Waals surface area (Å²) in [5, 5.41) is 3.33. The van der Waals surface area contributed by atoms with Crippen LogP contribution in [0.25, 0.3) is 0 Å². The van der Waals surface area contributed by atoms with Crippen molar-refractivity contribution < 1.29 is 19.0 Å². The van der Waals surface area contributed by atoms with E-state index < -0.39 is 6.10 Å². The molecule has 1 aliphatic rings. The number of carbonyl (C=O) groups is 1. The molecule has 1 aromatic carbocycles. The Balaban J connectivity index is 2.16. The molecule has 1 saturated heterocycles. The van der Waals surface area contributed by atoms with E-state index in [9.17, 15) is 4.79 Å². The topological polar surface area (TPSA) is 56.8 Å². The average molecular weight is 279 g/mol. The highest BCUT2D eigenvalue weighted by Gasteiger charge is 2.30. The molecule has 1 aromatic rings. The van der Waals surface area contributed by atoms with E-state index in [4.69, 9.17) is 14.2 Å². The van der Waals surface area contributed by atoms with Gasteiger partial charge in [0.25, 0.3) is 0 Å². The van der Waals surface area contributed by atoms with Gasteiger partial charge in [-0.15, -0.1) is 0 Å². The quantitative estimate of drug-likeness (QED) is 0.610. The molecule has 1 N–H and O–H groups in total. The van der Waals surface area contributed by atoms with Gasteiger partial charge in [-0.1, -0.05) is 19.1 Å². The second-order valence-electron chi connectivity index (χ2n) is 4.69. The van der Waals surface area contributed by atoms with Crippen LogP contribution in [0, 0.1) is 0 Å². The molecule has 1 heterocycles. The van der Waals surface area contributed by atoms with Crippen LogP contribution < -0.4 is 14.8 Å². The van der Waals surface area contributed by atoms with Gasteiger partial charge in [0.05, 0.1) is 13.7 Å². The van der Waals surface area contributed by atoms with E-state index in [1.54, 1.807) is 7.11 Å². The summed E-state index contributed by atoms with van der Waals surface area (Å²) in [6.45, 7) is 4.15. The number of hydrogen-bond acceptors (Lipinski definition) is 5. The Morgan fingerprint density at radius 2 is 2.30 bits per heavy atom. The van der Waals surface area contributed by atoms with Crippen molar-refractivity contribution >= 4 is 5.97 Å². The summed E-state index contributed by atoms with van der Waals surface area (Å²) in [5.74, 6) is 0.964. The molecule has 1 atom stereocenters. The van der Waals surface area contributed by atoms with Crippen molar-refractivity contribution in [2.45, 2.75) is 32.4 Å². The maximum atomic E-state index is 11.5. The van der Waals surface area contributed by atoms with Crippen LogP contribution in [0.1, 0.15) is 25.3 Å². The molecule has 5 nitrogen and oxygen atoms in total. The van der Waals surface area contributed by atoms with Crippen molar-refractivity contribution in [2.75, 3.05) is 20.3 Å². The minimum absolute atomic E-state index is 0.302. The van der Waals surface area contributed by atoms with E-state index in [0.29, 0.717) is 31.1 Å². The molecule has 2 rings (SSSR count). The molecule has 1 fully saturated rings. The predicted molar refractivity (Wildman–Crippen MR) is 75.0 cm³/mol. The van der Waals surface area contributed by atoms with Gasteiger partial charge in [-0.2, -0.15) is 0 Å². The highest BCUT2D eigenvalue weighted by Crippen LogP contribution is 2.33. The van der Waals surface area contributed by atoms with Crippen molar-refractivity contribution in [2.24, 2.45) is 0 Å². The fourth-order valence-electron chi connectivity index (χ4n) is 2.12. The third kappa shape index (κ3) is 3.42. The fraction of sp³-hybridized carbons (Fsp3) is 0.533. The number of benzene rings is 1. The number of nitrogens with one attached hydrogen (secondary N) is 1. The van der Waals surface area contributed by atoms with Crippen LogP contribution in [-0.4, -0.2) is 32.3 Å². The minimum atomic E-state index is -0.531. The number of carbonyl (C=O) groups excluding carboxylic acids is 1. The molecule has 0 amide bonds. The smallest absolute Gasteiger partial charge is 0.347 e. The zero-order valence-electron chi connectivity index (χ0n) is 12.0. The molecule has 5 heteroatoms. The minimum Gasteiger partial charge on any atom is -0.493 e. The first-order chi connectivity index (χ1) is 9.76. The zero-order chi connectivity index (χ0) is 14.4. The van der Waals surface area contributed by atoms with Crippen molar-refractivity contribution in [1.82, 2.24) is 5.32 Å². The Labute approximate surface area is 119 Å². The lowest BCUT2D eigenvalue weighted by Gasteiger charge is -2.17. The predicted octanol–water partition coefficient (Wildman–Crippen LogP) is 1.89. The molecule has 20 heavy (non-hydrogen) atoms. The lowest BCUT2D eigenvalue weighted by atomic mass is 10.1. The van der Waals surface area contributed by atoms with E-state index >= 15 is 0 Å². The van der Waals surface area contributed by atoms with Gasteiger partial charge >= 0.3 is 5.97 Å². The van der Waals surface area contributed by atoms with E-state index in [0.717, 1.165) is 18.5 Å². The Hall–Kier alpha value is -1.75. The summed E-state index contributed by atoms with van der Waals surface area (Å²) in [5.41, 5.74) is 0.984. The maximum Gasteiger partial charge on any atom is 0.347 e. The first-order valence-corrected chi connectivity index (χ1v) is 6.96. The van der Waals surface area contributed by atoms with Crippen molar-refractivity contribution in [3.05, 3.63) is 23.8 Å². The number of cyclic esters (lactones) is 1. The van der Waals surface area contributed by atoms with Crippen LogP contribution in [0.3, 0.4) is 0 Å². The number of hydrogen-bond donors (Lipinski definition) is 1. The highest BCUT2D eigenvalue weighted by atomic mass is 16.6. The van der Waals surface area contributed by atoms with Gasteiger partial charge in [-0.25, -0.2) is 4.79 Å². The van der Waals surface area contributed by atoms with Gasteiger partial charge < -0.3 is 19.5 Å². The SMILES string of the molecule is CCCNCc1cccc(OC)c1OC1CCOC1=O. The maximum absolute atomic E-state index is 11.5. The Bertz CT molecular complexity index is 461. The molecule has 0 spiro atoms. The van der Waals surface area contributed by atoms with E-state index in [-0.39, 0.29) is 5.97 Å². The van der Waals surface area contributed by atoms with Gasteiger partial charge in [-0.05, 0) is 19.0 Å². The fourth-order valence-corrected chi connectivity index (χ4v) is 2.12. The van der Waals surface area contributed by atoms with Crippen LogP contribution in [0.4, 0.5) is 0 Å². The summed E-state index contributed by atoms with van der Waals surface area (Å²) in [7, 11) is 1.60. The summed E-state index contributed by atoms with van der Waals surface area (Å²) >= 11 is 0. The van der Waals surface area contributed by atoms with Gasteiger partial charge in [0.2, 0.25) is 0 Å². The van der Waals surface area contributed by atoms with E-state index in [2.05, 4.69) is 12.2 Å². The van der Waals surface area contributed by atoms with Crippen LogP contribution in [0.15, 0.2) is 18.2 Å². The number of esters is 1. The van der Waals surface area contributed by atoms with Gasteiger partial charge in [0, 0.05) is 18.5 Å². The molecule has 0 radical (unpaired) electrons. The normalized spacial score (nSPS) is 17.9. The second kappa shape index (κ2) is 7.14. The van der Waals surface area contributed by atoms with Crippen LogP contribution in [0.2, 0.25) is 0 Å². The first-order valence-electron chi connectivity index (χ1n) is 6.96. The van der Waals surface area contributed by atoms with Crippen molar-refractivity contribution in [3.63, 3.8) is 0 Å². The lowest BCUT2D eigenvalue weighted by Crippen LogP contribution is -2.23. The molecule has 0 aromatic heterocycles. The Morgan fingerprint density at radius 1 is 1.45 bits per heavy atom. The van der Waals surface area contributed by atoms with E-state index in [1.807, 2.05) is 18.2 Å². The van der Waals surface area contributed by atoms with E-state index in [1.165, 1.54) is 0 Å². The molecular weight excluding hydrogens is 258 g/mol. The van der Waals surface area contributed by atoms with Gasteiger partial charge in [-0.3, -0.25) is 0 Å². The Kier molecular flexibility index (Phi) is 5.24. The highest BCUT2D eigenvalue weighted by molar-refractivity contribution is 5.77. The molecule has 1 aliphatic heterocycles.